The van der Waals surface area contributed by atoms with Crippen molar-refractivity contribution in [3.63, 3.8) is 0 Å². The van der Waals surface area contributed by atoms with E-state index in [0.29, 0.717) is 25.7 Å². The highest BCUT2D eigenvalue weighted by Crippen LogP contribution is 2.40. The van der Waals surface area contributed by atoms with Crippen molar-refractivity contribution in [1.29, 1.82) is 0 Å². The van der Waals surface area contributed by atoms with Crippen LogP contribution in [-0.4, -0.2) is 6.61 Å². The number of rotatable bonds is 5. The smallest absolute Gasteiger partial charge is 0.201 e. The Labute approximate surface area is 167 Å². The Hall–Kier alpha value is -2.37. The van der Waals surface area contributed by atoms with Crippen molar-refractivity contribution < 1.29 is 26.7 Å². The summed E-state index contributed by atoms with van der Waals surface area (Å²) in [6.07, 6.45) is 4.16. The number of halogens is 5. The van der Waals surface area contributed by atoms with E-state index in [-0.39, 0.29) is 46.7 Å². The molecule has 1 aliphatic carbocycles. The number of hydrogen-bond acceptors (Lipinski definition) is 1. The van der Waals surface area contributed by atoms with Crippen LogP contribution in [0.4, 0.5) is 22.0 Å². The van der Waals surface area contributed by atoms with Crippen LogP contribution in [0, 0.1) is 29.2 Å². The zero-order valence-electron chi connectivity index (χ0n) is 16.4. The summed E-state index contributed by atoms with van der Waals surface area (Å²) in [7, 11) is 0. The molecule has 1 saturated carbocycles. The highest BCUT2D eigenvalue weighted by molar-refractivity contribution is 5.66. The van der Waals surface area contributed by atoms with Crippen molar-refractivity contribution in [2.75, 3.05) is 6.61 Å². The first-order chi connectivity index (χ1) is 13.8. The van der Waals surface area contributed by atoms with Crippen LogP contribution in [0.3, 0.4) is 0 Å². The Morgan fingerprint density at radius 2 is 1.48 bits per heavy atom. The minimum absolute atomic E-state index is 0.101. The molecule has 0 amide bonds. The van der Waals surface area contributed by atoms with Crippen LogP contribution in [-0.2, 0) is 0 Å². The topological polar surface area (TPSA) is 9.23 Å². The Kier molecular flexibility index (Phi) is 6.60. The lowest BCUT2D eigenvalue weighted by Gasteiger charge is -2.27. The molecule has 2 aromatic rings. The molecule has 0 N–H and O–H groups in total. The highest BCUT2D eigenvalue weighted by atomic mass is 19.2. The molecule has 1 nitrogen and oxygen atoms in total. The van der Waals surface area contributed by atoms with Crippen LogP contribution >= 0.6 is 0 Å². The van der Waals surface area contributed by atoms with Gasteiger partial charge in [-0.25, -0.2) is 17.6 Å². The summed E-state index contributed by atoms with van der Waals surface area (Å²) < 4.78 is 76.1. The van der Waals surface area contributed by atoms with E-state index >= 15 is 0 Å². The number of benzene rings is 2. The molecule has 0 spiro atoms. The maximum Gasteiger partial charge on any atom is 0.201 e. The first kappa shape index (κ1) is 21.3. The van der Waals surface area contributed by atoms with Crippen LogP contribution in [0.1, 0.15) is 51.0 Å². The van der Waals surface area contributed by atoms with Gasteiger partial charge in [-0.1, -0.05) is 18.2 Å². The van der Waals surface area contributed by atoms with Gasteiger partial charge in [0.1, 0.15) is 0 Å². The zero-order valence-corrected chi connectivity index (χ0v) is 16.4. The quantitative estimate of drug-likeness (QED) is 0.465. The second-order valence-corrected chi connectivity index (χ2v) is 7.37. The normalized spacial score (nSPS) is 20.0. The van der Waals surface area contributed by atoms with Gasteiger partial charge in [0.2, 0.25) is 5.82 Å². The third kappa shape index (κ3) is 4.46. The third-order valence-electron chi connectivity index (χ3n) is 5.43. The number of allylic oxidation sites excluding steroid dienone is 2. The maximum atomic E-state index is 14.8. The summed E-state index contributed by atoms with van der Waals surface area (Å²) in [4.78, 5) is 0. The molecule has 2 aromatic carbocycles. The minimum Gasteiger partial charge on any atom is -0.491 e. The summed E-state index contributed by atoms with van der Waals surface area (Å²) in [5.41, 5.74) is -0.478. The summed E-state index contributed by atoms with van der Waals surface area (Å²) >= 11 is 0. The van der Waals surface area contributed by atoms with E-state index in [1.165, 1.54) is 31.2 Å². The second-order valence-electron chi connectivity index (χ2n) is 7.37. The predicted octanol–water partition coefficient (Wildman–Crippen LogP) is 7.46. The molecule has 1 aliphatic rings. The lowest BCUT2D eigenvalue weighted by molar-refractivity contribution is 0.314. The molecule has 0 aliphatic heterocycles. The first-order valence-electron chi connectivity index (χ1n) is 9.76. The van der Waals surface area contributed by atoms with E-state index in [1.807, 2.05) is 0 Å². The van der Waals surface area contributed by atoms with E-state index in [1.54, 1.807) is 13.0 Å². The van der Waals surface area contributed by atoms with E-state index in [0.717, 1.165) is 0 Å². The Morgan fingerprint density at radius 1 is 0.897 bits per heavy atom. The number of hydrogen-bond donors (Lipinski definition) is 0. The van der Waals surface area contributed by atoms with Gasteiger partial charge in [0.05, 0.1) is 12.4 Å². The van der Waals surface area contributed by atoms with E-state index in [9.17, 15) is 22.0 Å². The molecule has 0 atom stereocenters. The first-order valence-corrected chi connectivity index (χ1v) is 9.76. The molecule has 156 valence electrons. The molecule has 0 radical (unpaired) electrons. The average Bonchev–Trinajstić information content (AvgIpc) is 2.69. The van der Waals surface area contributed by atoms with Gasteiger partial charge < -0.3 is 4.74 Å². The fourth-order valence-electron chi connectivity index (χ4n) is 4.02. The van der Waals surface area contributed by atoms with Crippen LogP contribution in [0.15, 0.2) is 36.2 Å². The fourth-order valence-corrected chi connectivity index (χ4v) is 4.02. The van der Waals surface area contributed by atoms with Crippen LogP contribution < -0.4 is 4.74 Å². The van der Waals surface area contributed by atoms with Crippen LogP contribution in [0.2, 0.25) is 0 Å². The molecule has 0 unspecified atom stereocenters. The van der Waals surface area contributed by atoms with Gasteiger partial charge in [-0.2, -0.15) is 4.39 Å². The van der Waals surface area contributed by atoms with Crippen molar-refractivity contribution in [2.45, 2.75) is 45.4 Å². The van der Waals surface area contributed by atoms with Gasteiger partial charge in [-0.15, -0.1) is 0 Å². The molecule has 29 heavy (non-hydrogen) atoms. The molecule has 1 fully saturated rings. The summed E-state index contributed by atoms with van der Waals surface area (Å²) in [5.74, 6) is -5.36. The summed E-state index contributed by atoms with van der Waals surface area (Å²) in [5, 5.41) is 0. The molecular formula is C23H23F5O. The minimum atomic E-state index is -1.28. The van der Waals surface area contributed by atoms with Crippen LogP contribution in [0.5, 0.6) is 5.75 Å². The Morgan fingerprint density at radius 3 is 2.07 bits per heavy atom. The van der Waals surface area contributed by atoms with Gasteiger partial charge in [0.15, 0.2) is 23.2 Å². The molecule has 0 bridgehead atoms. The highest BCUT2D eigenvalue weighted by Gasteiger charge is 2.27. The van der Waals surface area contributed by atoms with Gasteiger partial charge in [-0.3, -0.25) is 0 Å². The summed E-state index contributed by atoms with van der Waals surface area (Å²) in [6, 6.07) is 5.09. The lowest BCUT2D eigenvalue weighted by Crippen LogP contribution is -2.14. The fraction of sp³-hybridized carbons (Fsp3) is 0.391. The monoisotopic (exact) mass is 410 g/mol. The van der Waals surface area contributed by atoms with Gasteiger partial charge >= 0.3 is 0 Å². The van der Waals surface area contributed by atoms with Crippen molar-refractivity contribution in [3.05, 3.63) is 65.0 Å². The Balaban J connectivity index is 1.88. The molecule has 3 rings (SSSR count). The molecule has 0 aromatic heterocycles. The van der Waals surface area contributed by atoms with Gasteiger partial charge in [-0.05, 0) is 69.1 Å². The zero-order chi connectivity index (χ0) is 21.1. The van der Waals surface area contributed by atoms with Crippen LogP contribution in [0.25, 0.3) is 11.1 Å². The summed E-state index contributed by atoms with van der Waals surface area (Å²) in [6.45, 7) is 3.17. The molecule has 6 heteroatoms. The Bertz CT molecular complexity index is 910. The van der Waals surface area contributed by atoms with Crippen molar-refractivity contribution >= 4 is 0 Å². The van der Waals surface area contributed by atoms with E-state index in [2.05, 4.69) is 0 Å². The second kappa shape index (κ2) is 8.97. The molecule has 0 saturated heterocycles. The largest absolute Gasteiger partial charge is 0.491 e. The average molecular weight is 410 g/mol. The van der Waals surface area contributed by atoms with Crippen molar-refractivity contribution in [2.24, 2.45) is 5.92 Å². The van der Waals surface area contributed by atoms with Crippen molar-refractivity contribution in [3.8, 4) is 16.9 Å². The SMILES string of the molecule is CCOc1ccc(-c2ccc(C3CCC(/C=C(/C)F)CC3)c(F)c2F)c(F)c1F. The van der Waals surface area contributed by atoms with Gasteiger partial charge in [0.25, 0.3) is 0 Å². The number of ether oxygens (including phenoxy) is 1. The standard InChI is InChI=1S/C23H23F5O/c1-3-29-19-11-10-18(22(27)23(19)28)17-9-8-16(20(25)21(17)26)15-6-4-14(5-7-15)12-13(2)24/h8-12,14-15H,3-7H2,1-2H3/b13-12-. The van der Waals surface area contributed by atoms with Crippen molar-refractivity contribution in [1.82, 2.24) is 0 Å². The third-order valence-corrected chi connectivity index (χ3v) is 5.43. The molecular weight excluding hydrogens is 387 g/mol. The lowest BCUT2D eigenvalue weighted by atomic mass is 9.78. The maximum absolute atomic E-state index is 14.8. The van der Waals surface area contributed by atoms with Gasteiger partial charge in [0, 0.05) is 11.1 Å². The van der Waals surface area contributed by atoms with E-state index in [4.69, 9.17) is 4.74 Å². The van der Waals surface area contributed by atoms with E-state index < -0.39 is 23.3 Å². The molecule has 0 heterocycles. The predicted molar refractivity (Wildman–Crippen MR) is 102 cm³/mol.